The van der Waals surface area contributed by atoms with E-state index in [1.54, 1.807) is 4.90 Å². The second-order valence-corrected chi connectivity index (χ2v) is 9.87. The van der Waals surface area contributed by atoms with Crippen LogP contribution in [0.1, 0.15) is 77.2 Å². The van der Waals surface area contributed by atoms with Crippen LogP contribution < -0.4 is 5.32 Å². The SMILES string of the molecule is CCCC(=O)OCN(CCCc1nc(C)cn1C)C(=O)C(NC(=O)C1CCCCN1C)C(C)CC. The summed E-state index contributed by atoms with van der Waals surface area (Å²) in [7, 11) is 3.92. The fourth-order valence-corrected chi connectivity index (χ4v) is 4.53. The van der Waals surface area contributed by atoms with Crippen molar-refractivity contribution >= 4 is 17.8 Å². The number of carbonyl (C=O) groups excluding carboxylic acids is 3. The zero-order valence-electron chi connectivity index (χ0n) is 22.5. The summed E-state index contributed by atoms with van der Waals surface area (Å²) in [6.45, 7) is 9.04. The smallest absolute Gasteiger partial charge is 0.307 e. The molecule has 1 N–H and O–H groups in total. The molecule has 0 saturated carbocycles. The minimum absolute atomic E-state index is 0.0496. The highest BCUT2D eigenvalue weighted by Crippen LogP contribution is 2.18. The third-order valence-corrected chi connectivity index (χ3v) is 6.92. The quantitative estimate of drug-likeness (QED) is 0.337. The number of rotatable bonds is 13. The Morgan fingerprint density at radius 2 is 2.00 bits per heavy atom. The monoisotopic (exact) mass is 491 g/mol. The van der Waals surface area contributed by atoms with E-state index in [4.69, 9.17) is 4.74 Å². The number of likely N-dealkylation sites (tertiary alicyclic amines) is 1. The maximum Gasteiger partial charge on any atom is 0.307 e. The van der Waals surface area contributed by atoms with Crippen LogP contribution in [-0.4, -0.2) is 76.1 Å². The minimum atomic E-state index is -0.664. The van der Waals surface area contributed by atoms with Crippen molar-refractivity contribution in [1.29, 1.82) is 0 Å². The number of nitrogens with one attached hydrogen (secondary N) is 1. The van der Waals surface area contributed by atoms with Crippen LogP contribution in [0.3, 0.4) is 0 Å². The minimum Gasteiger partial charge on any atom is -0.444 e. The number of hydrogen-bond acceptors (Lipinski definition) is 6. The van der Waals surface area contributed by atoms with E-state index in [2.05, 4.69) is 15.2 Å². The van der Waals surface area contributed by atoms with Crippen molar-refractivity contribution < 1.29 is 19.1 Å². The van der Waals surface area contributed by atoms with Crippen molar-refractivity contribution in [2.24, 2.45) is 13.0 Å². The van der Waals surface area contributed by atoms with Crippen molar-refractivity contribution in [3.8, 4) is 0 Å². The molecule has 1 aliphatic heterocycles. The van der Waals surface area contributed by atoms with Crippen molar-refractivity contribution in [1.82, 2.24) is 24.7 Å². The average Bonchev–Trinajstić information content (AvgIpc) is 3.15. The van der Waals surface area contributed by atoms with Gasteiger partial charge >= 0.3 is 5.97 Å². The molecule has 35 heavy (non-hydrogen) atoms. The lowest BCUT2D eigenvalue weighted by Crippen LogP contribution is -2.57. The van der Waals surface area contributed by atoms with Gasteiger partial charge in [0.1, 0.15) is 11.9 Å². The zero-order valence-corrected chi connectivity index (χ0v) is 22.5. The molecule has 1 saturated heterocycles. The van der Waals surface area contributed by atoms with Crippen LogP contribution in [0.4, 0.5) is 0 Å². The molecule has 2 rings (SSSR count). The first-order chi connectivity index (χ1) is 16.7. The molecular weight excluding hydrogens is 446 g/mol. The maximum atomic E-state index is 13.7. The van der Waals surface area contributed by atoms with Gasteiger partial charge in [-0.05, 0) is 52.1 Å². The molecule has 9 heteroatoms. The summed E-state index contributed by atoms with van der Waals surface area (Å²) in [6.07, 6.45) is 7.98. The number of aromatic nitrogens is 2. The van der Waals surface area contributed by atoms with Gasteiger partial charge in [-0.2, -0.15) is 0 Å². The van der Waals surface area contributed by atoms with Crippen molar-refractivity contribution in [2.75, 3.05) is 26.9 Å². The first-order valence-corrected chi connectivity index (χ1v) is 13.1. The molecule has 198 valence electrons. The van der Waals surface area contributed by atoms with Gasteiger partial charge in [-0.15, -0.1) is 0 Å². The summed E-state index contributed by atoms with van der Waals surface area (Å²) in [5.41, 5.74) is 0.955. The number of aryl methyl sites for hydroxylation is 3. The molecule has 3 unspecified atom stereocenters. The number of piperidine rings is 1. The van der Waals surface area contributed by atoms with Gasteiger partial charge in [-0.25, -0.2) is 4.98 Å². The van der Waals surface area contributed by atoms with Crippen LogP contribution >= 0.6 is 0 Å². The first kappa shape index (κ1) is 28.8. The molecule has 9 nitrogen and oxygen atoms in total. The number of amides is 2. The van der Waals surface area contributed by atoms with E-state index in [1.165, 1.54) is 0 Å². The number of carbonyl (C=O) groups is 3. The zero-order chi connectivity index (χ0) is 26.0. The Kier molecular flexibility index (Phi) is 11.7. The Morgan fingerprint density at radius 1 is 1.26 bits per heavy atom. The lowest BCUT2D eigenvalue weighted by molar-refractivity contribution is -0.155. The van der Waals surface area contributed by atoms with Crippen LogP contribution in [0, 0.1) is 12.8 Å². The molecule has 2 heterocycles. The van der Waals surface area contributed by atoms with Crippen LogP contribution in [0.15, 0.2) is 6.20 Å². The molecule has 3 atom stereocenters. The fourth-order valence-electron chi connectivity index (χ4n) is 4.53. The molecule has 0 bridgehead atoms. The van der Waals surface area contributed by atoms with Crippen LogP contribution in [0.2, 0.25) is 0 Å². The second kappa shape index (κ2) is 14.2. The van der Waals surface area contributed by atoms with Gasteiger partial charge in [0.2, 0.25) is 11.8 Å². The molecule has 0 aliphatic carbocycles. The van der Waals surface area contributed by atoms with Gasteiger partial charge in [-0.3, -0.25) is 19.3 Å². The van der Waals surface area contributed by atoms with Gasteiger partial charge in [0.15, 0.2) is 6.73 Å². The maximum absolute atomic E-state index is 13.7. The summed E-state index contributed by atoms with van der Waals surface area (Å²) in [4.78, 5) is 47.1. The van der Waals surface area contributed by atoms with Gasteiger partial charge in [-0.1, -0.05) is 33.6 Å². The third kappa shape index (κ3) is 8.63. The molecular formula is C26H45N5O4. The first-order valence-electron chi connectivity index (χ1n) is 13.1. The van der Waals surface area contributed by atoms with Crippen LogP contribution in [-0.2, 0) is 32.6 Å². The summed E-state index contributed by atoms with van der Waals surface area (Å²) in [5.74, 6) is 0.276. The molecule has 1 fully saturated rings. The number of esters is 1. The Hall–Kier alpha value is -2.42. The average molecular weight is 492 g/mol. The van der Waals surface area contributed by atoms with Gasteiger partial charge < -0.3 is 19.5 Å². The fraction of sp³-hybridized carbons (Fsp3) is 0.769. The van der Waals surface area contributed by atoms with Gasteiger partial charge in [0.25, 0.3) is 0 Å². The van der Waals surface area contributed by atoms with Gasteiger partial charge in [0, 0.05) is 32.6 Å². The van der Waals surface area contributed by atoms with Crippen LogP contribution in [0.25, 0.3) is 0 Å². The predicted octanol–water partition coefficient (Wildman–Crippen LogP) is 2.81. The highest BCUT2D eigenvalue weighted by Gasteiger charge is 2.34. The molecule has 0 spiro atoms. The number of ether oxygens (including phenoxy) is 1. The Balaban J connectivity index is 2.13. The summed E-state index contributed by atoms with van der Waals surface area (Å²) >= 11 is 0. The van der Waals surface area contributed by atoms with Crippen molar-refractivity contribution in [3.05, 3.63) is 17.7 Å². The topological polar surface area (TPSA) is 96.8 Å². The number of likely N-dealkylation sites (N-methyl/N-ethyl adjacent to an activating group) is 1. The van der Waals surface area contributed by atoms with Gasteiger partial charge in [0.05, 0.1) is 11.7 Å². The Morgan fingerprint density at radius 3 is 2.60 bits per heavy atom. The molecule has 2 amide bonds. The highest BCUT2D eigenvalue weighted by molar-refractivity contribution is 5.90. The van der Waals surface area contributed by atoms with Crippen molar-refractivity contribution in [2.45, 2.75) is 91.1 Å². The Labute approximate surface area is 210 Å². The van der Waals surface area contributed by atoms with E-state index in [0.29, 0.717) is 32.2 Å². The number of imidazole rings is 1. The number of nitrogens with zero attached hydrogens (tertiary/aromatic N) is 4. The van der Waals surface area contributed by atoms with E-state index < -0.39 is 6.04 Å². The third-order valence-electron chi connectivity index (χ3n) is 6.92. The van der Waals surface area contributed by atoms with Crippen LogP contribution in [0.5, 0.6) is 0 Å². The Bertz CT molecular complexity index is 840. The molecule has 1 aromatic rings. The van der Waals surface area contributed by atoms with E-state index in [0.717, 1.165) is 43.7 Å². The lowest BCUT2D eigenvalue weighted by atomic mass is 9.96. The highest BCUT2D eigenvalue weighted by atomic mass is 16.5. The second-order valence-electron chi connectivity index (χ2n) is 9.87. The molecule has 0 aromatic carbocycles. The normalized spacial score (nSPS) is 18.1. The standard InChI is InChI=1S/C26H45N5O4/c1-7-12-23(32)35-18-31(16-11-14-22-27-20(4)17-30(22)6)26(34)24(19(3)8-2)28-25(33)21-13-9-10-15-29(21)5/h17,19,21,24H,7-16,18H2,1-6H3,(H,28,33). The molecule has 1 aliphatic rings. The van der Waals surface area contributed by atoms with E-state index in [1.807, 2.05) is 52.6 Å². The summed E-state index contributed by atoms with van der Waals surface area (Å²) in [6, 6.07) is -0.881. The summed E-state index contributed by atoms with van der Waals surface area (Å²) < 4.78 is 7.41. The summed E-state index contributed by atoms with van der Waals surface area (Å²) in [5, 5.41) is 3.05. The van der Waals surface area contributed by atoms with E-state index in [9.17, 15) is 14.4 Å². The molecule has 0 radical (unpaired) electrons. The van der Waals surface area contributed by atoms with E-state index >= 15 is 0 Å². The number of hydrogen-bond donors (Lipinski definition) is 1. The predicted molar refractivity (Wildman–Crippen MR) is 136 cm³/mol. The largest absolute Gasteiger partial charge is 0.444 e. The lowest BCUT2D eigenvalue weighted by Gasteiger charge is -2.35. The van der Waals surface area contributed by atoms with E-state index in [-0.39, 0.29) is 36.5 Å². The van der Waals surface area contributed by atoms with Crippen molar-refractivity contribution in [3.63, 3.8) is 0 Å². The molecule has 1 aromatic heterocycles.